The van der Waals surface area contributed by atoms with Gasteiger partial charge in [-0.15, -0.1) is 0 Å². The Balaban J connectivity index is 2.08. The van der Waals surface area contributed by atoms with Crippen molar-refractivity contribution < 1.29 is 0 Å². The highest BCUT2D eigenvalue weighted by atomic mass is 15.2. The average molecular weight is 246 g/mol. The summed E-state index contributed by atoms with van der Waals surface area (Å²) in [6, 6.07) is 9.70. The first-order valence-corrected chi connectivity index (χ1v) is 7.29. The Kier molecular flexibility index (Phi) is 4.65. The molecule has 1 aliphatic rings. The summed E-state index contributed by atoms with van der Waals surface area (Å²) in [5.74, 6) is 0.610. The summed E-state index contributed by atoms with van der Waals surface area (Å²) in [7, 11) is 0. The van der Waals surface area contributed by atoms with Crippen LogP contribution in [0, 0.1) is 0 Å². The highest BCUT2D eigenvalue weighted by Crippen LogP contribution is 2.24. The van der Waals surface area contributed by atoms with Crippen LogP contribution in [0.5, 0.6) is 0 Å². The van der Waals surface area contributed by atoms with Crippen molar-refractivity contribution in [3.63, 3.8) is 0 Å². The maximum Gasteiger partial charge on any atom is 0.0369 e. The summed E-state index contributed by atoms with van der Waals surface area (Å²) in [6.07, 6.45) is 2.61. The van der Waals surface area contributed by atoms with Gasteiger partial charge in [-0.3, -0.25) is 0 Å². The quantitative estimate of drug-likeness (QED) is 0.876. The Hall–Kier alpha value is -1.02. The van der Waals surface area contributed by atoms with E-state index in [-0.39, 0.29) is 0 Å². The molecule has 0 saturated carbocycles. The summed E-state index contributed by atoms with van der Waals surface area (Å²) in [4.78, 5) is 2.53. The first-order valence-electron chi connectivity index (χ1n) is 7.29. The number of hydrogen-bond acceptors (Lipinski definition) is 2. The largest absolute Gasteiger partial charge is 0.370 e. The number of benzene rings is 1. The molecule has 1 heterocycles. The molecule has 0 bridgehead atoms. The number of anilines is 1. The van der Waals surface area contributed by atoms with E-state index in [1.807, 2.05) is 0 Å². The minimum absolute atomic E-state index is 0.610. The molecule has 2 nitrogen and oxygen atoms in total. The van der Waals surface area contributed by atoms with Gasteiger partial charge in [-0.2, -0.15) is 0 Å². The lowest BCUT2D eigenvalue weighted by molar-refractivity contribution is 0.431. The Bertz CT molecular complexity index is 371. The SMILES string of the molecule is CCNC1CCCN(c2cccc(C(C)C)c2)C1. The van der Waals surface area contributed by atoms with Crippen LogP contribution in [0.4, 0.5) is 5.69 Å². The van der Waals surface area contributed by atoms with Crippen molar-refractivity contribution in [1.29, 1.82) is 0 Å². The van der Waals surface area contributed by atoms with Gasteiger partial charge >= 0.3 is 0 Å². The molecule has 0 aromatic heterocycles. The first-order chi connectivity index (χ1) is 8.70. The molecule has 1 saturated heterocycles. The van der Waals surface area contributed by atoms with E-state index in [2.05, 4.69) is 55.3 Å². The van der Waals surface area contributed by atoms with E-state index >= 15 is 0 Å². The third-order valence-corrected chi connectivity index (χ3v) is 3.82. The molecule has 1 unspecified atom stereocenters. The molecule has 0 radical (unpaired) electrons. The monoisotopic (exact) mass is 246 g/mol. The van der Waals surface area contributed by atoms with Crippen LogP contribution in [0.2, 0.25) is 0 Å². The molecule has 1 aromatic carbocycles. The fourth-order valence-corrected chi connectivity index (χ4v) is 2.75. The molecule has 2 rings (SSSR count). The van der Waals surface area contributed by atoms with Crippen molar-refractivity contribution in [2.75, 3.05) is 24.5 Å². The highest BCUT2D eigenvalue weighted by Gasteiger charge is 2.19. The molecule has 18 heavy (non-hydrogen) atoms. The van der Waals surface area contributed by atoms with Gasteiger partial charge in [-0.25, -0.2) is 0 Å². The van der Waals surface area contributed by atoms with Gasteiger partial charge in [-0.05, 0) is 43.0 Å². The van der Waals surface area contributed by atoms with Gasteiger partial charge < -0.3 is 10.2 Å². The van der Waals surface area contributed by atoms with Crippen LogP contribution in [0.3, 0.4) is 0 Å². The van der Waals surface area contributed by atoms with Crippen LogP contribution in [0.25, 0.3) is 0 Å². The Labute approximate surface area is 111 Å². The lowest BCUT2D eigenvalue weighted by Gasteiger charge is -2.35. The number of hydrogen-bond donors (Lipinski definition) is 1. The summed E-state index contributed by atoms with van der Waals surface area (Å²) >= 11 is 0. The summed E-state index contributed by atoms with van der Waals surface area (Å²) < 4.78 is 0. The normalized spacial score (nSPS) is 20.4. The second-order valence-electron chi connectivity index (χ2n) is 5.59. The second kappa shape index (κ2) is 6.24. The molecule has 1 aliphatic heterocycles. The second-order valence-corrected chi connectivity index (χ2v) is 5.59. The van der Waals surface area contributed by atoms with Crippen molar-refractivity contribution in [3.05, 3.63) is 29.8 Å². The van der Waals surface area contributed by atoms with Gasteiger partial charge in [0.2, 0.25) is 0 Å². The number of likely N-dealkylation sites (N-methyl/N-ethyl adjacent to an activating group) is 1. The number of rotatable bonds is 4. The third-order valence-electron chi connectivity index (χ3n) is 3.82. The lowest BCUT2D eigenvalue weighted by Crippen LogP contribution is -2.45. The average Bonchev–Trinajstić information content (AvgIpc) is 2.39. The fraction of sp³-hybridized carbons (Fsp3) is 0.625. The van der Waals surface area contributed by atoms with Crippen molar-refractivity contribution in [2.45, 2.75) is 45.6 Å². The predicted molar refractivity (Wildman–Crippen MR) is 79.4 cm³/mol. The minimum atomic E-state index is 0.610. The van der Waals surface area contributed by atoms with Crippen molar-refractivity contribution >= 4 is 5.69 Å². The highest BCUT2D eigenvalue weighted by molar-refractivity contribution is 5.49. The molecule has 1 aromatic rings. The Morgan fingerprint density at radius 2 is 2.22 bits per heavy atom. The summed E-state index contributed by atoms with van der Waals surface area (Å²) in [5, 5.41) is 3.58. The molecule has 0 aliphatic carbocycles. The van der Waals surface area contributed by atoms with E-state index in [0.29, 0.717) is 12.0 Å². The maximum atomic E-state index is 3.58. The van der Waals surface area contributed by atoms with Crippen LogP contribution < -0.4 is 10.2 Å². The van der Waals surface area contributed by atoms with Gasteiger partial charge in [0.1, 0.15) is 0 Å². The van der Waals surface area contributed by atoms with Crippen LogP contribution in [0.15, 0.2) is 24.3 Å². The van der Waals surface area contributed by atoms with Gasteiger partial charge in [0.15, 0.2) is 0 Å². The lowest BCUT2D eigenvalue weighted by atomic mass is 10.0. The van der Waals surface area contributed by atoms with Crippen molar-refractivity contribution in [2.24, 2.45) is 0 Å². The zero-order valence-electron chi connectivity index (χ0n) is 11.9. The molecular formula is C16H26N2. The van der Waals surface area contributed by atoms with E-state index in [1.54, 1.807) is 0 Å². The van der Waals surface area contributed by atoms with Gasteiger partial charge in [0.05, 0.1) is 0 Å². The first kappa shape index (κ1) is 13.4. The van der Waals surface area contributed by atoms with Gasteiger partial charge in [0.25, 0.3) is 0 Å². The van der Waals surface area contributed by atoms with E-state index in [1.165, 1.54) is 30.6 Å². The zero-order valence-corrected chi connectivity index (χ0v) is 11.9. The van der Waals surface area contributed by atoms with Gasteiger partial charge in [0, 0.05) is 24.8 Å². The van der Waals surface area contributed by atoms with Crippen LogP contribution in [0.1, 0.15) is 45.1 Å². The van der Waals surface area contributed by atoms with Gasteiger partial charge in [-0.1, -0.05) is 32.9 Å². The van der Waals surface area contributed by atoms with E-state index in [9.17, 15) is 0 Å². The smallest absolute Gasteiger partial charge is 0.0369 e. The number of piperidine rings is 1. The number of nitrogens with one attached hydrogen (secondary N) is 1. The third kappa shape index (κ3) is 3.26. The Morgan fingerprint density at radius 1 is 1.39 bits per heavy atom. The van der Waals surface area contributed by atoms with E-state index in [4.69, 9.17) is 0 Å². The minimum Gasteiger partial charge on any atom is -0.370 e. The predicted octanol–water partition coefficient (Wildman–Crippen LogP) is 3.39. The molecule has 2 heteroatoms. The standard InChI is InChI=1S/C16H26N2/c1-4-17-15-8-6-10-18(12-15)16-9-5-7-14(11-16)13(2)3/h5,7,9,11,13,15,17H,4,6,8,10,12H2,1-3H3. The summed E-state index contributed by atoms with van der Waals surface area (Å²) in [6.45, 7) is 10.1. The van der Waals surface area contributed by atoms with Crippen LogP contribution in [-0.2, 0) is 0 Å². The number of nitrogens with zero attached hydrogens (tertiary/aromatic N) is 1. The van der Waals surface area contributed by atoms with Crippen molar-refractivity contribution in [3.8, 4) is 0 Å². The molecule has 1 atom stereocenters. The van der Waals surface area contributed by atoms with E-state index < -0.39 is 0 Å². The molecule has 1 fully saturated rings. The topological polar surface area (TPSA) is 15.3 Å². The van der Waals surface area contributed by atoms with E-state index in [0.717, 1.165) is 13.1 Å². The molecule has 100 valence electrons. The molecule has 0 amide bonds. The van der Waals surface area contributed by atoms with Crippen LogP contribution in [-0.4, -0.2) is 25.7 Å². The fourth-order valence-electron chi connectivity index (χ4n) is 2.75. The Morgan fingerprint density at radius 3 is 2.94 bits per heavy atom. The van der Waals surface area contributed by atoms with Crippen LogP contribution >= 0.6 is 0 Å². The molecule has 0 spiro atoms. The summed E-state index contributed by atoms with van der Waals surface area (Å²) in [5.41, 5.74) is 2.84. The molecule has 1 N–H and O–H groups in total. The molecular weight excluding hydrogens is 220 g/mol. The zero-order chi connectivity index (χ0) is 13.0. The van der Waals surface area contributed by atoms with Crippen molar-refractivity contribution in [1.82, 2.24) is 5.32 Å². The maximum absolute atomic E-state index is 3.58.